The second-order valence-corrected chi connectivity index (χ2v) is 19.3. The van der Waals surface area contributed by atoms with Crippen LogP contribution in [-0.2, 0) is 20.1 Å². The van der Waals surface area contributed by atoms with Gasteiger partial charge in [0.2, 0.25) is 0 Å². The fourth-order valence-electron chi connectivity index (χ4n) is 6.38. The first-order valence-electron chi connectivity index (χ1n) is 16.6. The molecule has 0 atom stereocenters. The zero-order chi connectivity index (χ0) is 33.0. The minimum atomic E-state index is -1.27. The topological polar surface area (TPSA) is 25.8 Å². The summed E-state index contributed by atoms with van der Waals surface area (Å²) in [7, 11) is -1.27. The average Bonchev–Trinajstić information content (AvgIpc) is 3.48. The van der Waals surface area contributed by atoms with E-state index in [4.69, 9.17) is 4.98 Å². The standard InChI is InChI=1S/C28H24NS.C15H18NSi.Ir/c1-3-19(4-2)22-15-16-29-26(17-22)25-12-8-11-24-23-14-13-21(18-27(23)30-28(24)25)20-9-6-5-7-10-20;1-12-10-14(13-8-6-5-7-9-13)16-11-15(12)17(2,3)4;/h5-11,13-19H,3-4H2,1-2H3;5-8,10-11H,1-4H3;/q2*-1;. The number of thiophene rings is 1. The first-order chi connectivity index (χ1) is 22.8. The van der Waals surface area contributed by atoms with E-state index in [0.717, 1.165) is 35.4 Å². The van der Waals surface area contributed by atoms with E-state index in [9.17, 15) is 0 Å². The number of rotatable bonds is 7. The van der Waals surface area contributed by atoms with Gasteiger partial charge < -0.3 is 9.97 Å². The Balaban J connectivity index is 0.000000214. The first-order valence-corrected chi connectivity index (χ1v) is 20.9. The Hall–Kier alpha value is -3.73. The molecule has 1 radical (unpaired) electrons. The molecular formula is C43H42IrN2SSi-2. The maximum Gasteiger partial charge on any atom is 0.0798 e. The van der Waals surface area contributed by atoms with Crippen LogP contribution in [0.25, 0.3) is 53.8 Å². The zero-order valence-corrected chi connectivity index (χ0v) is 32.8. The molecule has 0 unspecified atom stereocenters. The molecule has 0 fully saturated rings. The third-order valence-corrected chi connectivity index (χ3v) is 12.3. The third-order valence-electron chi connectivity index (χ3n) is 8.94. The summed E-state index contributed by atoms with van der Waals surface area (Å²) in [6.45, 7) is 13.8. The Morgan fingerprint density at radius 2 is 1.50 bits per heavy atom. The van der Waals surface area contributed by atoms with Gasteiger partial charge in [-0.1, -0.05) is 105 Å². The van der Waals surface area contributed by atoms with E-state index in [0.29, 0.717) is 5.92 Å². The Kier molecular flexibility index (Phi) is 11.6. The van der Waals surface area contributed by atoms with Crippen molar-refractivity contribution in [2.45, 2.75) is 59.2 Å². The number of pyridine rings is 2. The SMILES string of the molecule is CCC(CC)c1ccnc(-c2[c-]ccc3c2sc2cc(-c4ccccc4)ccc23)c1.Cc1cc(-c2[c-]cccc2)ncc1[Si](C)(C)C.[Ir]. The molecule has 0 amide bonds. The van der Waals surface area contributed by atoms with Gasteiger partial charge in [0.1, 0.15) is 0 Å². The Morgan fingerprint density at radius 3 is 2.19 bits per heavy atom. The van der Waals surface area contributed by atoms with E-state index < -0.39 is 8.07 Å². The number of hydrogen-bond acceptors (Lipinski definition) is 3. The normalized spacial score (nSPS) is 11.3. The Labute approximate surface area is 304 Å². The number of fused-ring (bicyclic) bond motifs is 3. The molecule has 3 heterocycles. The van der Waals surface area contributed by atoms with Crippen molar-refractivity contribution < 1.29 is 20.1 Å². The second kappa shape index (κ2) is 15.7. The van der Waals surface area contributed by atoms with E-state index in [1.807, 2.05) is 41.8 Å². The average molecular weight is 839 g/mol. The molecule has 3 aromatic heterocycles. The van der Waals surface area contributed by atoms with Gasteiger partial charge >= 0.3 is 0 Å². The minimum absolute atomic E-state index is 0. The van der Waals surface area contributed by atoms with Crippen LogP contribution >= 0.6 is 11.3 Å². The van der Waals surface area contributed by atoms with Crippen LogP contribution in [0.3, 0.4) is 0 Å². The smallest absolute Gasteiger partial charge is 0.0798 e. The van der Waals surface area contributed by atoms with Crippen LogP contribution < -0.4 is 5.19 Å². The molecular weight excluding hydrogens is 797 g/mol. The van der Waals surface area contributed by atoms with Crippen LogP contribution in [0.1, 0.15) is 43.7 Å². The number of benzene rings is 4. The second-order valence-electron chi connectivity index (χ2n) is 13.2. The fourth-order valence-corrected chi connectivity index (χ4v) is 9.34. The monoisotopic (exact) mass is 839 g/mol. The molecule has 0 saturated heterocycles. The number of aryl methyl sites for hydroxylation is 1. The van der Waals surface area contributed by atoms with Crippen molar-refractivity contribution in [3.63, 3.8) is 0 Å². The molecule has 7 aromatic rings. The van der Waals surface area contributed by atoms with Crippen molar-refractivity contribution in [1.29, 1.82) is 0 Å². The van der Waals surface area contributed by atoms with Gasteiger partial charge in [-0.25, -0.2) is 0 Å². The van der Waals surface area contributed by atoms with Crippen LogP contribution in [0, 0.1) is 19.1 Å². The Bertz CT molecular complexity index is 2110. The molecule has 5 heteroatoms. The summed E-state index contributed by atoms with van der Waals surface area (Å²) in [6.07, 6.45) is 6.31. The number of hydrogen-bond donors (Lipinski definition) is 0. The molecule has 0 aliphatic carbocycles. The molecule has 0 N–H and O–H groups in total. The summed E-state index contributed by atoms with van der Waals surface area (Å²) in [5.41, 5.74) is 9.47. The van der Waals surface area contributed by atoms with Gasteiger partial charge in [0, 0.05) is 37.2 Å². The van der Waals surface area contributed by atoms with Crippen molar-refractivity contribution in [1.82, 2.24) is 9.97 Å². The summed E-state index contributed by atoms with van der Waals surface area (Å²) in [6, 6.07) is 42.9. The minimum Gasteiger partial charge on any atom is -0.305 e. The molecule has 0 aliphatic rings. The number of aromatic nitrogens is 2. The van der Waals surface area contributed by atoms with Crippen LogP contribution in [-0.4, -0.2) is 18.0 Å². The summed E-state index contributed by atoms with van der Waals surface area (Å²) in [5.74, 6) is 0.585. The number of nitrogens with zero attached hydrogens (tertiary/aromatic N) is 2. The van der Waals surface area contributed by atoms with E-state index in [1.54, 1.807) is 0 Å². The molecule has 48 heavy (non-hydrogen) atoms. The van der Waals surface area contributed by atoms with Crippen LogP contribution in [0.4, 0.5) is 0 Å². The van der Waals surface area contributed by atoms with Gasteiger partial charge in [0.15, 0.2) is 0 Å². The molecule has 0 aliphatic heterocycles. The maximum absolute atomic E-state index is 4.72. The molecule has 4 aromatic carbocycles. The van der Waals surface area contributed by atoms with Crippen LogP contribution in [0.2, 0.25) is 19.6 Å². The predicted octanol–water partition coefficient (Wildman–Crippen LogP) is 11.9. The van der Waals surface area contributed by atoms with Crippen molar-refractivity contribution in [3.05, 3.63) is 139 Å². The van der Waals surface area contributed by atoms with Crippen molar-refractivity contribution >= 4 is 44.8 Å². The summed E-state index contributed by atoms with van der Waals surface area (Å²) >= 11 is 1.85. The molecule has 0 bridgehead atoms. The molecule has 2 nitrogen and oxygen atoms in total. The molecule has 7 rings (SSSR count). The van der Waals surface area contributed by atoms with E-state index in [-0.39, 0.29) is 20.1 Å². The van der Waals surface area contributed by atoms with Crippen molar-refractivity contribution in [2.24, 2.45) is 0 Å². The van der Waals surface area contributed by atoms with Gasteiger partial charge in [0.25, 0.3) is 0 Å². The van der Waals surface area contributed by atoms with E-state index >= 15 is 0 Å². The molecule has 0 spiro atoms. The van der Waals surface area contributed by atoms with E-state index in [1.165, 1.54) is 47.6 Å². The predicted molar refractivity (Wildman–Crippen MR) is 206 cm³/mol. The van der Waals surface area contributed by atoms with Gasteiger partial charge in [-0.2, -0.15) is 11.3 Å². The maximum atomic E-state index is 4.72. The Morgan fingerprint density at radius 1 is 0.729 bits per heavy atom. The van der Waals surface area contributed by atoms with Gasteiger partial charge in [-0.3, -0.25) is 0 Å². The van der Waals surface area contributed by atoms with Gasteiger partial charge in [-0.05, 0) is 75.6 Å². The van der Waals surface area contributed by atoms with Crippen LogP contribution in [0.5, 0.6) is 0 Å². The summed E-state index contributed by atoms with van der Waals surface area (Å²) < 4.78 is 2.58. The van der Waals surface area contributed by atoms with Crippen molar-refractivity contribution in [3.8, 4) is 33.6 Å². The zero-order valence-electron chi connectivity index (χ0n) is 28.6. The molecule has 0 saturated carbocycles. The van der Waals surface area contributed by atoms with Gasteiger partial charge in [0.05, 0.1) is 8.07 Å². The largest absolute Gasteiger partial charge is 0.305 e. The summed E-state index contributed by atoms with van der Waals surface area (Å²) in [4.78, 5) is 9.30. The van der Waals surface area contributed by atoms with Crippen molar-refractivity contribution in [2.75, 3.05) is 0 Å². The van der Waals surface area contributed by atoms with Gasteiger partial charge in [-0.15, -0.1) is 59.7 Å². The summed E-state index contributed by atoms with van der Waals surface area (Å²) in [5, 5.41) is 4.04. The molecule has 245 valence electrons. The fraction of sp³-hybridized carbons (Fsp3) is 0.209. The third kappa shape index (κ3) is 7.77. The quantitative estimate of drug-likeness (QED) is 0.118. The first kappa shape index (κ1) is 35.6. The van der Waals surface area contributed by atoms with Crippen LogP contribution in [0.15, 0.2) is 116 Å². The van der Waals surface area contributed by atoms with E-state index in [2.05, 4.69) is 143 Å².